The van der Waals surface area contributed by atoms with Crippen LogP contribution in [0.4, 0.5) is 10.1 Å². The predicted octanol–water partition coefficient (Wildman–Crippen LogP) is 1.97. The molecule has 10 heteroatoms. The average Bonchev–Trinajstić information content (AvgIpc) is 2.42. The molecular formula is C13H18Cl2FN3O3S. The number of halogens is 3. The summed E-state index contributed by atoms with van der Waals surface area (Å²) in [6, 6.07) is 1.89. The molecule has 0 unspecified atom stereocenters. The van der Waals surface area contributed by atoms with Gasteiger partial charge in [-0.25, -0.2) is 12.8 Å². The Kier molecular flexibility index (Phi) is 6.79. The first kappa shape index (κ1) is 20.1. The van der Waals surface area contributed by atoms with Crippen molar-refractivity contribution < 1.29 is 17.6 Å². The fraction of sp³-hybridized carbons (Fsp3) is 0.462. The maximum absolute atomic E-state index is 14.2. The monoisotopic (exact) mass is 385 g/mol. The van der Waals surface area contributed by atoms with Gasteiger partial charge in [0.15, 0.2) is 0 Å². The number of carbonyl (C=O) groups is 1. The fourth-order valence-corrected chi connectivity index (χ4v) is 4.08. The first-order valence-corrected chi connectivity index (χ1v) is 8.56. The van der Waals surface area contributed by atoms with Gasteiger partial charge in [-0.1, -0.05) is 11.6 Å². The number of benzene rings is 1. The molecule has 1 amide bonds. The van der Waals surface area contributed by atoms with Gasteiger partial charge in [0.2, 0.25) is 15.9 Å². The predicted molar refractivity (Wildman–Crippen MR) is 88.9 cm³/mol. The third-order valence-electron chi connectivity index (χ3n) is 3.45. The van der Waals surface area contributed by atoms with Gasteiger partial charge in [-0.3, -0.25) is 4.79 Å². The molecule has 1 aromatic rings. The molecule has 1 aromatic carbocycles. The smallest absolute Gasteiger partial charge is 0.246 e. The van der Waals surface area contributed by atoms with Crippen LogP contribution in [0.1, 0.15) is 19.8 Å². The summed E-state index contributed by atoms with van der Waals surface area (Å²) >= 11 is 5.93. The van der Waals surface area contributed by atoms with E-state index in [0.717, 1.165) is 12.1 Å². The van der Waals surface area contributed by atoms with E-state index >= 15 is 0 Å². The fourth-order valence-electron chi connectivity index (χ4n) is 2.27. The SMILES string of the molecule is CC(=O)Nc1cc(F)c(S(=O)(=O)N2CCC(N)CC2)cc1Cl.Cl. The zero-order valence-corrected chi connectivity index (χ0v) is 14.8. The molecule has 0 aliphatic carbocycles. The highest BCUT2D eigenvalue weighted by molar-refractivity contribution is 7.89. The summed E-state index contributed by atoms with van der Waals surface area (Å²) in [7, 11) is -3.98. The number of hydrogen-bond acceptors (Lipinski definition) is 4. The van der Waals surface area contributed by atoms with Crippen molar-refractivity contribution in [1.82, 2.24) is 4.31 Å². The van der Waals surface area contributed by atoms with Gasteiger partial charge < -0.3 is 11.1 Å². The molecule has 0 bridgehead atoms. The van der Waals surface area contributed by atoms with Crippen molar-refractivity contribution in [2.75, 3.05) is 18.4 Å². The molecule has 0 atom stereocenters. The van der Waals surface area contributed by atoms with Crippen LogP contribution in [0, 0.1) is 5.82 Å². The van der Waals surface area contributed by atoms with Crippen LogP contribution < -0.4 is 11.1 Å². The van der Waals surface area contributed by atoms with Gasteiger partial charge in [-0.15, -0.1) is 12.4 Å². The lowest BCUT2D eigenvalue weighted by Crippen LogP contribution is -2.43. The molecule has 0 aromatic heterocycles. The number of carbonyl (C=O) groups excluding carboxylic acids is 1. The largest absolute Gasteiger partial charge is 0.328 e. The third kappa shape index (κ3) is 4.54. The standard InChI is InChI=1S/C13H17ClFN3O3S.ClH/c1-8(19)17-12-7-11(15)13(6-10(12)14)22(20,21)18-4-2-9(16)3-5-18;/h6-7,9H,2-5,16H2,1H3,(H,17,19);1H. The van der Waals surface area contributed by atoms with E-state index in [1.807, 2.05) is 0 Å². The number of nitrogens with two attached hydrogens (primary N) is 1. The van der Waals surface area contributed by atoms with Crippen LogP contribution in [-0.4, -0.2) is 37.8 Å². The maximum atomic E-state index is 14.2. The van der Waals surface area contributed by atoms with E-state index in [9.17, 15) is 17.6 Å². The van der Waals surface area contributed by atoms with Gasteiger partial charge >= 0.3 is 0 Å². The number of amides is 1. The summed E-state index contributed by atoms with van der Waals surface area (Å²) in [6.07, 6.45) is 1.05. The van der Waals surface area contributed by atoms with E-state index in [2.05, 4.69) is 5.32 Å². The van der Waals surface area contributed by atoms with E-state index in [4.69, 9.17) is 17.3 Å². The molecule has 1 aliphatic rings. The molecule has 2 rings (SSSR count). The highest BCUT2D eigenvalue weighted by Crippen LogP contribution is 2.30. The van der Waals surface area contributed by atoms with Crippen molar-refractivity contribution in [2.24, 2.45) is 5.73 Å². The zero-order chi connectivity index (χ0) is 16.5. The highest BCUT2D eigenvalue weighted by Gasteiger charge is 2.31. The topological polar surface area (TPSA) is 92.5 Å². The van der Waals surface area contributed by atoms with Crippen molar-refractivity contribution in [3.63, 3.8) is 0 Å². The minimum absolute atomic E-state index is 0. The van der Waals surface area contributed by atoms with Crippen molar-refractivity contribution in [3.8, 4) is 0 Å². The minimum atomic E-state index is -3.98. The number of nitrogens with one attached hydrogen (secondary N) is 1. The second-order valence-corrected chi connectivity index (χ2v) is 7.50. The van der Waals surface area contributed by atoms with Crippen LogP contribution in [0.5, 0.6) is 0 Å². The molecule has 130 valence electrons. The summed E-state index contributed by atoms with van der Waals surface area (Å²) in [6.45, 7) is 1.73. The number of anilines is 1. The maximum Gasteiger partial charge on any atom is 0.246 e. The quantitative estimate of drug-likeness (QED) is 0.831. The number of sulfonamides is 1. The molecule has 1 aliphatic heterocycles. The summed E-state index contributed by atoms with van der Waals surface area (Å²) in [5.74, 6) is -1.38. The Morgan fingerprint density at radius 1 is 1.39 bits per heavy atom. The van der Waals surface area contributed by atoms with Crippen molar-refractivity contribution in [3.05, 3.63) is 23.0 Å². The Hall–Kier alpha value is -0.930. The van der Waals surface area contributed by atoms with E-state index in [-0.39, 0.29) is 42.2 Å². The highest BCUT2D eigenvalue weighted by atomic mass is 35.5. The Bertz CT molecular complexity index is 692. The minimum Gasteiger partial charge on any atom is -0.328 e. The van der Waals surface area contributed by atoms with E-state index in [0.29, 0.717) is 12.8 Å². The first-order valence-electron chi connectivity index (χ1n) is 6.74. The van der Waals surface area contributed by atoms with Crippen LogP contribution in [0.25, 0.3) is 0 Å². The Labute approximate surface area is 145 Å². The van der Waals surface area contributed by atoms with Crippen LogP contribution in [0.15, 0.2) is 17.0 Å². The van der Waals surface area contributed by atoms with Crippen LogP contribution in [-0.2, 0) is 14.8 Å². The second-order valence-electron chi connectivity index (χ2n) is 5.19. The molecule has 6 nitrogen and oxygen atoms in total. The third-order valence-corrected chi connectivity index (χ3v) is 5.68. The first-order chi connectivity index (χ1) is 10.2. The van der Waals surface area contributed by atoms with Crippen molar-refractivity contribution in [2.45, 2.75) is 30.7 Å². The van der Waals surface area contributed by atoms with E-state index in [1.165, 1.54) is 11.2 Å². The second kappa shape index (κ2) is 7.76. The lowest BCUT2D eigenvalue weighted by atomic mass is 10.1. The van der Waals surface area contributed by atoms with Crippen LogP contribution in [0.2, 0.25) is 5.02 Å². The number of nitrogens with zero attached hydrogens (tertiary/aromatic N) is 1. The number of piperidine rings is 1. The molecule has 23 heavy (non-hydrogen) atoms. The molecule has 1 heterocycles. The summed E-state index contributed by atoms with van der Waals surface area (Å²) in [5, 5.41) is 2.30. The van der Waals surface area contributed by atoms with E-state index < -0.39 is 26.6 Å². The lowest BCUT2D eigenvalue weighted by Gasteiger charge is -2.29. The molecule has 1 saturated heterocycles. The average molecular weight is 386 g/mol. The summed E-state index contributed by atoms with van der Waals surface area (Å²) in [4.78, 5) is 10.5. The molecule has 0 spiro atoms. The van der Waals surface area contributed by atoms with Gasteiger partial charge in [0.25, 0.3) is 0 Å². The van der Waals surface area contributed by atoms with Crippen molar-refractivity contribution in [1.29, 1.82) is 0 Å². The zero-order valence-electron chi connectivity index (χ0n) is 12.4. The molecular weight excluding hydrogens is 368 g/mol. The van der Waals surface area contributed by atoms with Crippen LogP contribution >= 0.6 is 24.0 Å². The Balaban J connectivity index is 0.00000264. The van der Waals surface area contributed by atoms with Crippen molar-refractivity contribution >= 4 is 45.6 Å². The van der Waals surface area contributed by atoms with E-state index in [1.54, 1.807) is 0 Å². The Morgan fingerprint density at radius 2 is 1.96 bits per heavy atom. The number of hydrogen-bond donors (Lipinski definition) is 2. The van der Waals surface area contributed by atoms with Gasteiger partial charge in [-0.2, -0.15) is 4.31 Å². The van der Waals surface area contributed by atoms with Gasteiger partial charge in [0.1, 0.15) is 10.7 Å². The lowest BCUT2D eigenvalue weighted by molar-refractivity contribution is -0.114. The van der Waals surface area contributed by atoms with Crippen LogP contribution in [0.3, 0.4) is 0 Å². The van der Waals surface area contributed by atoms with Gasteiger partial charge in [0, 0.05) is 32.1 Å². The molecule has 0 radical (unpaired) electrons. The van der Waals surface area contributed by atoms with Gasteiger partial charge in [0.05, 0.1) is 10.7 Å². The molecule has 0 saturated carbocycles. The summed E-state index contributed by atoms with van der Waals surface area (Å²) in [5.41, 5.74) is 5.78. The normalized spacial score (nSPS) is 16.7. The molecule has 3 N–H and O–H groups in total. The summed E-state index contributed by atoms with van der Waals surface area (Å²) < 4.78 is 40.4. The molecule has 1 fully saturated rings. The van der Waals surface area contributed by atoms with Gasteiger partial charge in [-0.05, 0) is 18.9 Å². The number of rotatable bonds is 3. The Morgan fingerprint density at radius 3 is 2.48 bits per heavy atom.